The highest BCUT2D eigenvalue weighted by Gasteiger charge is 2.39. The fourth-order valence-electron chi connectivity index (χ4n) is 2.18. The summed E-state index contributed by atoms with van der Waals surface area (Å²) >= 11 is 0. The van der Waals surface area contributed by atoms with Gasteiger partial charge in [-0.25, -0.2) is 0 Å². The van der Waals surface area contributed by atoms with E-state index in [0.29, 0.717) is 12.0 Å². The lowest BCUT2D eigenvalue weighted by Crippen LogP contribution is -2.32. The van der Waals surface area contributed by atoms with Crippen LogP contribution in [0.15, 0.2) is 24.3 Å². The summed E-state index contributed by atoms with van der Waals surface area (Å²) in [5, 5.41) is 6.20. The first-order valence-electron chi connectivity index (χ1n) is 6.71. The van der Waals surface area contributed by atoms with Crippen molar-refractivity contribution in [2.75, 3.05) is 18.4 Å². The third-order valence-corrected chi connectivity index (χ3v) is 3.91. The van der Waals surface area contributed by atoms with Crippen molar-refractivity contribution >= 4 is 11.6 Å². The van der Waals surface area contributed by atoms with E-state index in [-0.39, 0.29) is 5.91 Å². The molecule has 1 aliphatic carbocycles. The van der Waals surface area contributed by atoms with E-state index in [2.05, 4.69) is 17.6 Å². The predicted octanol–water partition coefficient (Wildman–Crippen LogP) is 2.71. The van der Waals surface area contributed by atoms with Gasteiger partial charge in [0.05, 0.1) is 6.54 Å². The van der Waals surface area contributed by atoms with Gasteiger partial charge >= 0.3 is 0 Å². The molecule has 3 nitrogen and oxygen atoms in total. The standard InChI is InChI=1S/C15H22N2O/c1-3-15(8-9-15)11-16-10-14(18)17-13-7-5-4-6-12(13)2/h4-7,16H,3,8-11H2,1-2H3,(H,17,18). The minimum Gasteiger partial charge on any atom is -0.325 e. The van der Waals surface area contributed by atoms with Gasteiger partial charge in [-0.3, -0.25) is 4.79 Å². The number of rotatable bonds is 6. The van der Waals surface area contributed by atoms with Crippen LogP contribution >= 0.6 is 0 Å². The Morgan fingerprint density at radius 1 is 1.33 bits per heavy atom. The molecular formula is C15H22N2O. The summed E-state index contributed by atoms with van der Waals surface area (Å²) < 4.78 is 0. The smallest absolute Gasteiger partial charge is 0.238 e. The van der Waals surface area contributed by atoms with Crippen molar-refractivity contribution in [1.29, 1.82) is 0 Å². The quantitative estimate of drug-likeness (QED) is 0.810. The van der Waals surface area contributed by atoms with Crippen LogP contribution in [0.4, 0.5) is 5.69 Å². The van der Waals surface area contributed by atoms with E-state index in [4.69, 9.17) is 0 Å². The molecule has 18 heavy (non-hydrogen) atoms. The van der Waals surface area contributed by atoms with Gasteiger partial charge in [0.2, 0.25) is 5.91 Å². The molecule has 1 saturated carbocycles. The highest BCUT2D eigenvalue weighted by atomic mass is 16.1. The number of para-hydroxylation sites is 1. The number of carbonyl (C=O) groups excluding carboxylic acids is 1. The van der Waals surface area contributed by atoms with Crippen molar-refractivity contribution in [3.05, 3.63) is 29.8 Å². The number of aryl methyl sites for hydroxylation is 1. The van der Waals surface area contributed by atoms with Gasteiger partial charge in [0.1, 0.15) is 0 Å². The van der Waals surface area contributed by atoms with Gasteiger partial charge < -0.3 is 10.6 Å². The molecule has 0 saturated heterocycles. The van der Waals surface area contributed by atoms with E-state index in [1.807, 2.05) is 31.2 Å². The number of amides is 1. The minimum absolute atomic E-state index is 0.0382. The second-order valence-electron chi connectivity index (χ2n) is 5.32. The van der Waals surface area contributed by atoms with Crippen molar-refractivity contribution in [2.24, 2.45) is 5.41 Å². The molecule has 1 aliphatic rings. The minimum atomic E-state index is 0.0382. The van der Waals surface area contributed by atoms with Crippen LogP contribution < -0.4 is 10.6 Å². The molecule has 0 bridgehead atoms. The number of nitrogens with one attached hydrogen (secondary N) is 2. The molecule has 0 aromatic heterocycles. The second-order valence-corrected chi connectivity index (χ2v) is 5.32. The summed E-state index contributed by atoms with van der Waals surface area (Å²) in [7, 11) is 0. The third kappa shape index (κ3) is 3.33. The van der Waals surface area contributed by atoms with Gasteiger partial charge in [-0.1, -0.05) is 25.1 Å². The van der Waals surface area contributed by atoms with E-state index in [0.717, 1.165) is 17.8 Å². The van der Waals surface area contributed by atoms with E-state index >= 15 is 0 Å². The van der Waals surface area contributed by atoms with Crippen molar-refractivity contribution in [1.82, 2.24) is 5.32 Å². The fourth-order valence-corrected chi connectivity index (χ4v) is 2.18. The molecule has 0 spiro atoms. The highest BCUT2D eigenvalue weighted by molar-refractivity contribution is 5.92. The summed E-state index contributed by atoms with van der Waals surface area (Å²) in [6.07, 6.45) is 3.81. The number of benzene rings is 1. The molecule has 1 fully saturated rings. The molecule has 0 aliphatic heterocycles. The molecule has 2 rings (SSSR count). The zero-order chi connectivity index (χ0) is 13.0. The fraction of sp³-hybridized carbons (Fsp3) is 0.533. The molecule has 0 unspecified atom stereocenters. The Hall–Kier alpha value is -1.35. The van der Waals surface area contributed by atoms with Crippen LogP contribution in [-0.2, 0) is 4.79 Å². The van der Waals surface area contributed by atoms with Crippen molar-refractivity contribution < 1.29 is 4.79 Å². The van der Waals surface area contributed by atoms with Crippen LogP contribution in [0, 0.1) is 12.3 Å². The SMILES string of the molecule is CCC1(CNCC(=O)Nc2ccccc2C)CC1. The lowest BCUT2D eigenvalue weighted by molar-refractivity contribution is -0.115. The summed E-state index contributed by atoms with van der Waals surface area (Å²) in [4.78, 5) is 11.8. The Morgan fingerprint density at radius 2 is 2.06 bits per heavy atom. The first-order chi connectivity index (χ1) is 8.65. The molecule has 98 valence electrons. The zero-order valence-electron chi connectivity index (χ0n) is 11.3. The summed E-state index contributed by atoms with van der Waals surface area (Å²) in [5.74, 6) is 0.0382. The van der Waals surface area contributed by atoms with Crippen molar-refractivity contribution in [2.45, 2.75) is 33.1 Å². The maximum absolute atomic E-state index is 11.8. The van der Waals surface area contributed by atoms with Crippen LogP contribution in [0.25, 0.3) is 0 Å². The van der Waals surface area contributed by atoms with Crippen LogP contribution in [0.1, 0.15) is 31.7 Å². The monoisotopic (exact) mass is 246 g/mol. The maximum atomic E-state index is 11.8. The van der Waals surface area contributed by atoms with Gasteiger partial charge in [-0.2, -0.15) is 0 Å². The molecule has 1 aromatic carbocycles. The Bertz CT molecular complexity index is 424. The number of hydrogen-bond donors (Lipinski definition) is 2. The number of hydrogen-bond acceptors (Lipinski definition) is 2. The molecular weight excluding hydrogens is 224 g/mol. The van der Waals surface area contributed by atoms with E-state index < -0.39 is 0 Å². The van der Waals surface area contributed by atoms with E-state index in [9.17, 15) is 4.79 Å². The van der Waals surface area contributed by atoms with Gasteiger partial charge in [0.15, 0.2) is 0 Å². The molecule has 3 heteroatoms. The Morgan fingerprint density at radius 3 is 2.67 bits per heavy atom. The number of carbonyl (C=O) groups is 1. The molecule has 2 N–H and O–H groups in total. The largest absolute Gasteiger partial charge is 0.325 e. The van der Waals surface area contributed by atoms with Crippen LogP contribution in [0.3, 0.4) is 0 Å². The van der Waals surface area contributed by atoms with Gasteiger partial charge in [0.25, 0.3) is 0 Å². The topological polar surface area (TPSA) is 41.1 Å². The summed E-state index contributed by atoms with van der Waals surface area (Å²) in [6, 6.07) is 7.84. The molecule has 0 atom stereocenters. The normalized spacial score (nSPS) is 16.3. The van der Waals surface area contributed by atoms with Crippen LogP contribution in [0.2, 0.25) is 0 Å². The van der Waals surface area contributed by atoms with Crippen molar-refractivity contribution in [3.63, 3.8) is 0 Å². The van der Waals surface area contributed by atoms with Crippen LogP contribution in [-0.4, -0.2) is 19.0 Å². The lowest BCUT2D eigenvalue weighted by Gasteiger charge is -2.13. The van der Waals surface area contributed by atoms with Crippen LogP contribution in [0.5, 0.6) is 0 Å². The first kappa shape index (κ1) is 13.1. The predicted molar refractivity (Wildman–Crippen MR) is 74.6 cm³/mol. The van der Waals surface area contributed by atoms with Gasteiger partial charge in [-0.05, 0) is 43.2 Å². The number of anilines is 1. The van der Waals surface area contributed by atoms with Crippen molar-refractivity contribution in [3.8, 4) is 0 Å². The Balaban J connectivity index is 1.74. The average molecular weight is 246 g/mol. The second kappa shape index (κ2) is 5.53. The van der Waals surface area contributed by atoms with Gasteiger partial charge in [0, 0.05) is 12.2 Å². The van der Waals surface area contributed by atoms with Gasteiger partial charge in [-0.15, -0.1) is 0 Å². The Labute approximate surface area is 109 Å². The molecule has 0 radical (unpaired) electrons. The lowest BCUT2D eigenvalue weighted by atomic mass is 10.0. The van der Waals surface area contributed by atoms with E-state index in [1.165, 1.54) is 19.3 Å². The molecule has 1 amide bonds. The summed E-state index contributed by atoms with van der Waals surface area (Å²) in [5.41, 5.74) is 2.49. The highest BCUT2D eigenvalue weighted by Crippen LogP contribution is 2.47. The third-order valence-electron chi connectivity index (χ3n) is 3.91. The summed E-state index contributed by atoms with van der Waals surface area (Å²) in [6.45, 7) is 5.59. The van der Waals surface area contributed by atoms with E-state index in [1.54, 1.807) is 0 Å². The Kier molecular flexibility index (Phi) is 4.02. The maximum Gasteiger partial charge on any atom is 0.238 e. The average Bonchev–Trinajstić information content (AvgIpc) is 3.13. The molecule has 1 aromatic rings. The molecule has 0 heterocycles. The first-order valence-corrected chi connectivity index (χ1v) is 6.71. The zero-order valence-corrected chi connectivity index (χ0v) is 11.3.